The second kappa shape index (κ2) is 6.27. The van der Waals surface area contributed by atoms with Gasteiger partial charge in [0.25, 0.3) is 0 Å². The Hall–Kier alpha value is -0.250. The second-order valence-electron chi connectivity index (χ2n) is 4.82. The molecule has 4 heteroatoms. The Bertz CT molecular complexity index is 411. The fourth-order valence-electron chi connectivity index (χ4n) is 2.50. The van der Waals surface area contributed by atoms with Crippen molar-refractivity contribution in [3.8, 4) is 0 Å². The van der Waals surface area contributed by atoms with Crippen molar-refractivity contribution in [2.45, 2.75) is 38.8 Å². The van der Waals surface area contributed by atoms with Crippen LogP contribution in [0.15, 0.2) is 22.7 Å². The summed E-state index contributed by atoms with van der Waals surface area (Å²) in [5.41, 5.74) is 1.22. The maximum absolute atomic E-state index is 6.13. The monoisotopic (exact) mass is 330 g/mol. The second-order valence-corrected chi connectivity index (χ2v) is 6.11. The van der Waals surface area contributed by atoms with E-state index in [1.54, 1.807) is 0 Å². The summed E-state index contributed by atoms with van der Waals surface area (Å²) in [7, 11) is 0. The largest absolute Gasteiger partial charge is 0.365 e. The van der Waals surface area contributed by atoms with Gasteiger partial charge in [-0.3, -0.25) is 0 Å². The van der Waals surface area contributed by atoms with E-state index in [4.69, 9.17) is 11.6 Å². The van der Waals surface area contributed by atoms with Crippen LogP contribution >= 0.6 is 27.5 Å². The number of halogens is 2. The van der Waals surface area contributed by atoms with E-state index in [1.165, 1.54) is 5.69 Å². The first-order valence-electron chi connectivity index (χ1n) is 6.60. The molecule has 1 aliphatic rings. The summed E-state index contributed by atoms with van der Waals surface area (Å²) in [5, 5.41) is 4.41. The average Bonchev–Trinajstić information content (AvgIpc) is 2.40. The number of anilines is 1. The highest BCUT2D eigenvalue weighted by Crippen LogP contribution is 2.32. The highest BCUT2D eigenvalue weighted by Gasteiger charge is 2.27. The molecule has 1 aliphatic heterocycles. The van der Waals surface area contributed by atoms with Gasteiger partial charge in [-0.15, -0.1) is 0 Å². The van der Waals surface area contributed by atoms with Crippen LogP contribution in [0.4, 0.5) is 5.69 Å². The third-order valence-electron chi connectivity index (χ3n) is 3.68. The molecule has 18 heavy (non-hydrogen) atoms. The Morgan fingerprint density at radius 1 is 1.39 bits per heavy atom. The summed E-state index contributed by atoms with van der Waals surface area (Å²) >= 11 is 9.78. The van der Waals surface area contributed by atoms with E-state index in [0.29, 0.717) is 12.1 Å². The quantitative estimate of drug-likeness (QED) is 0.898. The van der Waals surface area contributed by atoms with Gasteiger partial charge in [-0.2, -0.15) is 0 Å². The molecule has 1 aromatic carbocycles. The van der Waals surface area contributed by atoms with E-state index in [1.807, 2.05) is 12.1 Å². The van der Waals surface area contributed by atoms with Gasteiger partial charge in [0, 0.05) is 34.7 Å². The van der Waals surface area contributed by atoms with Crippen molar-refractivity contribution in [1.82, 2.24) is 5.32 Å². The minimum atomic E-state index is 0.544. The molecule has 0 saturated carbocycles. The van der Waals surface area contributed by atoms with E-state index in [0.717, 1.165) is 35.4 Å². The zero-order chi connectivity index (χ0) is 13.1. The first-order valence-corrected chi connectivity index (χ1v) is 7.77. The van der Waals surface area contributed by atoms with Crippen LogP contribution in [0.3, 0.4) is 0 Å². The molecule has 2 rings (SSSR count). The number of hydrogen-bond acceptors (Lipinski definition) is 2. The normalized spacial score (nSPS) is 24.3. The Kier molecular flexibility index (Phi) is 4.93. The Morgan fingerprint density at radius 3 is 2.83 bits per heavy atom. The summed E-state index contributed by atoms with van der Waals surface area (Å²) in [5.74, 6) is 0. The fourth-order valence-corrected chi connectivity index (χ4v) is 3.14. The molecule has 0 amide bonds. The first-order chi connectivity index (χ1) is 8.65. The van der Waals surface area contributed by atoms with E-state index >= 15 is 0 Å². The Morgan fingerprint density at radius 2 is 2.17 bits per heavy atom. The molecule has 100 valence electrons. The third-order valence-corrected chi connectivity index (χ3v) is 4.59. The fraction of sp³-hybridized carbons (Fsp3) is 0.571. The predicted molar refractivity (Wildman–Crippen MR) is 82.7 cm³/mol. The number of nitrogens with one attached hydrogen (secondary N) is 1. The van der Waals surface area contributed by atoms with Crippen molar-refractivity contribution in [3.63, 3.8) is 0 Å². The van der Waals surface area contributed by atoms with Gasteiger partial charge in [0.05, 0.1) is 5.69 Å². The van der Waals surface area contributed by atoms with Crippen molar-refractivity contribution in [1.29, 1.82) is 0 Å². The van der Waals surface area contributed by atoms with E-state index in [-0.39, 0.29) is 0 Å². The van der Waals surface area contributed by atoms with Gasteiger partial charge in [-0.25, -0.2) is 0 Å². The summed E-state index contributed by atoms with van der Waals surface area (Å²) in [6, 6.07) is 7.14. The maximum Gasteiger partial charge on any atom is 0.0529 e. The summed E-state index contributed by atoms with van der Waals surface area (Å²) in [4.78, 5) is 2.49. The molecule has 2 unspecified atom stereocenters. The average molecular weight is 332 g/mol. The van der Waals surface area contributed by atoms with E-state index in [9.17, 15) is 0 Å². The number of rotatable bonds is 3. The van der Waals surface area contributed by atoms with Gasteiger partial charge in [0.15, 0.2) is 0 Å². The van der Waals surface area contributed by atoms with Crippen LogP contribution in [0.1, 0.15) is 26.7 Å². The SMILES string of the molecule is CCC1CN(c2cc(Cl)ccc2Br)C(CC)CN1. The summed E-state index contributed by atoms with van der Waals surface area (Å²) in [6.07, 6.45) is 2.30. The van der Waals surface area contributed by atoms with Gasteiger partial charge >= 0.3 is 0 Å². The molecule has 0 radical (unpaired) electrons. The molecular formula is C14H20BrClN2. The lowest BCUT2D eigenvalue weighted by Gasteiger charge is -2.42. The molecule has 0 bridgehead atoms. The zero-order valence-corrected chi connectivity index (χ0v) is 13.3. The van der Waals surface area contributed by atoms with E-state index < -0.39 is 0 Å². The number of piperazine rings is 1. The van der Waals surface area contributed by atoms with Crippen LogP contribution in [0.5, 0.6) is 0 Å². The molecule has 2 atom stereocenters. The molecule has 1 aromatic rings. The van der Waals surface area contributed by atoms with Crippen LogP contribution in [0.2, 0.25) is 5.02 Å². The predicted octanol–water partition coefficient (Wildman–Crippen LogP) is 4.07. The Balaban J connectivity index is 2.29. The number of nitrogens with zero attached hydrogens (tertiary/aromatic N) is 1. The smallest absolute Gasteiger partial charge is 0.0529 e. The standard InChI is InChI=1S/C14H20BrClN2/c1-3-11-9-18(12(4-2)8-17-11)14-7-10(16)5-6-13(14)15/h5-7,11-12,17H,3-4,8-9H2,1-2H3. The van der Waals surface area contributed by atoms with Crippen molar-refractivity contribution < 1.29 is 0 Å². The van der Waals surface area contributed by atoms with Crippen molar-refractivity contribution in [2.24, 2.45) is 0 Å². The van der Waals surface area contributed by atoms with Gasteiger partial charge < -0.3 is 10.2 Å². The maximum atomic E-state index is 6.13. The summed E-state index contributed by atoms with van der Waals surface area (Å²) < 4.78 is 1.13. The molecule has 2 nitrogen and oxygen atoms in total. The van der Waals surface area contributed by atoms with Crippen LogP contribution in [-0.2, 0) is 0 Å². The first kappa shape index (κ1) is 14.2. The van der Waals surface area contributed by atoms with Crippen LogP contribution in [0.25, 0.3) is 0 Å². The van der Waals surface area contributed by atoms with Crippen LogP contribution < -0.4 is 10.2 Å². The molecular weight excluding hydrogens is 312 g/mol. The molecule has 0 aromatic heterocycles. The lowest BCUT2D eigenvalue weighted by Crippen LogP contribution is -2.56. The van der Waals surface area contributed by atoms with Gasteiger partial charge in [-0.1, -0.05) is 25.4 Å². The number of benzene rings is 1. The minimum Gasteiger partial charge on any atom is -0.365 e. The van der Waals surface area contributed by atoms with Crippen molar-refractivity contribution >= 4 is 33.2 Å². The Labute approximate surface area is 123 Å². The van der Waals surface area contributed by atoms with Crippen molar-refractivity contribution in [2.75, 3.05) is 18.0 Å². The molecule has 0 spiro atoms. The molecule has 0 aliphatic carbocycles. The van der Waals surface area contributed by atoms with Crippen LogP contribution in [0, 0.1) is 0 Å². The zero-order valence-electron chi connectivity index (χ0n) is 10.9. The molecule has 1 heterocycles. The molecule has 1 fully saturated rings. The highest BCUT2D eigenvalue weighted by atomic mass is 79.9. The highest BCUT2D eigenvalue weighted by molar-refractivity contribution is 9.10. The number of hydrogen-bond donors (Lipinski definition) is 1. The minimum absolute atomic E-state index is 0.544. The molecule has 1 N–H and O–H groups in total. The van der Waals surface area contributed by atoms with Crippen molar-refractivity contribution in [3.05, 3.63) is 27.7 Å². The third kappa shape index (κ3) is 3.01. The lowest BCUT2D eigenvalue weighted by molar-refractivity contribution is 0.378. The van der Waals surface area contributed by atoms with Gasteiger partial charge in [0.2, 0.25) is 0 Å². The van der Waals surface area contributed by atoms with Crippen LogP contribution in [-0.4, -0.2) is 25.2 Å². The van der Waals surface area contributed by atoms with Gasteiger partial charge in [-0.05, 0) is 47.0 Å². The summed E-state index contributed by atoms with van der Waals surface area (Å²) in [6.45, 7) is 6.57. The molecule has 1 saturated heterocycles. The topological polar surface area (TPSA) is 15.3 Å². The van der Waals surface area contributed by atoms with E-state index in [2.05, 4.69) is 46.1 Å². The lowest BCUT2D eigenvalue weighted by atomic mass is 10.0. The van der Waals surface area contributed by atoms with Gasteiger partial charge in [0.1, 0.15) is 0 Å².